The van der Waals surface area contributed by atoms with Gasteiger partial charge in [0.25, 0.3) is 0 Å². The molecule has 7 nitrogen and oxygen atoms in total. The first-order valence-electron chi connectivity index (χ1n) is 11.1. The number of ether oxygens (including phenoxy) is 2. The summed E-state index contributed by atoms with van der Waals surface area (Å²) >= 11 is 0. The summed E-state index contributed by atoms with van der Waals surface area (Å²) in [5, 5.41) is 6.37. The van der Waals surface area contributed by atoms with Crippen molar-refractivity contribution in [2.24, 2.45) is 0 Å². The van der Waals surface area contributed by atoms with Crippen LogP contribution in [0.15, 0.2) is 71.8 Å². The molecule has 0 unspecified atom stereocenters. The largest absolute Gasteiger partial charge is 0.493 e. The Kier molecular flexibility index (Phi) is 6.90. The van der Waals surface area contributed by atoms with Crippen LogP contribution in [0.4, 0.5) is 0 Å². The van der Waals surface area contributed by atoms with Gasteiger partial charge < -0.3 is 9.47 Å². The van der Waals surface area contributed by atoms with Crippen molar-refractivity contribution in [3.05, 3.63) is 83.7 Å². The highest BCUT2D eigenvalue weighted by Gasteiger charge is 2.27. The molecular formula is C26H29N3O4S. The van der Waals surface area contributed by atoms with Crippen molar-refractivity contribution in [3.8, 4) is 11.5 Å². The van der Waals surface area contributed by atoms with Crippen LogP contribution in [0.5, 0.6) is 11.5 Å². The number of sulfonamides is 1. The van der Waals surface area contributed by atoms with Crippen molar-refractivity contribution in [3.63, 3.8) is 0 Å². The maximum Gasteiger partial charge on any atom is 0.243 e. The number of hydrogen-bond donors (Lipinski definition) is 0. The van der Waals surface area contributed by atoms with Crippen LogP contribution >= 0.6 is 0 Å². The third kappa shape index (κ3) is 4.78. The molecule has 0 aliphatic rings. The Hall–Kier alpha value is -3.36. The molecule has 4 aromatic rings. The fourth-order valence-corrected chi connectivity index (χ4v) is 5.39. The van der Waals surface area contributed by atoms with Gasteiger partial charge in [0.1, 0.15) is 0 Å². The summed E-state index contributed by atoms with van der Waals surface area (Å²) in [4.78, 5) is 0.257. The molecule has 0 fully saturated rings. The van der Waals surface area contributed by atoms with Crippen LogP contribution in [-0.2, 0) is 29.7 Å². The van der Waals surface area contributed by atoms with Gasteiger partial charge in [-0.1, -0.05) is 36.4 Å². The summed E-state index contributed by atoms with van der Waals surface area (Å²) in [5.41, 5.74) is 2.47. The number of rotatable bonds is 9. The maximum atomic E-state index is 13.9. The highest BCUT2D eigenvalue weighted by Crippen LogP contribution is 2.30. The van der Waals surface area contributed by atoms with E-state index in [0.29, 0.717) is 18.0 Å². The van der Waals surface area contributed by atoms with Gasteiger partial charge in [0, 0.05) is 31.4 Å². The molecule has 0 saturated carbocycles. The lowest BCUT2D eigenvalue weighted by Gasteiger charge is -2.23. The summed E-state index contributed by atoms with van der Waals surface area (Å²) in [6, 6.07) is 18.4. The summed E-state index contributed by atoms with van der Waals surface area (Å²) in [6.07, 6.45) is 1.91. The Balaban J connectivity index is 1.76. The molecule has 34 heavy (non-hydrogen) atoms. The molecule has 8 heteroatoms. The summed E-state index contributed by atoms with van der Waals surface area (Å²) < 4.78 is 41.9. The van der Waals surface area contributed by atoms with E-state index in [1.54, 1.807) is 32.4 Å². The molecule has 0 amide bonds. The second-order valence-corrected chi connectivity index (χ2v) is 10.0. The first kappa shape index (κ1) is 23.8. The van der Waals surface area contributed by atoms with E-state index >= 15 is 0 Å². The second kappa shape index (κ2) is 9.87. The summed E-state index contributed by atoms with van der Waals surface area (Å²) in [7, 11) is -0.679. The molecule has 178 valence electrons. The van der Waals surface area contributed by atoms with Crippen molar-refractivity contribution >= 4 is 20.8 Å². The molecule has 0 radical (unpaired) electrons. The van der Waals surface area contributed by atoms with E-state index in [1.165, 1.54) is 4.31 Å². The summed E-state index contributed by atoms with van der Waals surface area (Å²) in [6.45, 7) is 5.00. The van der Waals surface area contributed by atoms with Crippen molar-refractivity contribution in [1.82, 2.24) is 14.1 Å². The molecule has 0 bridgehead atoms. The number of aromatic nitrogens is 2. The molecule has 0 aliphatic heterocycles. The van der Waals surface area contributed by atoms with Crippen molar-refractivity contribution in [2.45, 2.75) is 38.4 Å². The Morgan fingerprint density at radius 3 is 2.32 bits per heavy atom. The van der Waals surface area contributed by atoms with Gasteiger partial charge >= 0.3 is 0 Å². The van der Waals surface area contributed by atoms with Crippen LogP contribution in [0.1, 0.15) is 23.7 Å². The second-order valence-electron chi connectivity index (χ2n) is 8.07. The van der Waals surface area contributed by atoms with Crippen molar-refractivity contribution in [2.75, 3.05) is 14.2 Å². The monoisotopic (exact) mass is 479 g/mol. The van der Waals surface area contributed by atoms with Crippen LogP contribution < -0.4 is 9.47 Å². The highest BCUT2D eigenvalue weighted by molar-refractivity contribution is 7.89. The quantitative estimate of drug-likeness (QED) is 0.346. The number of nitrogens with zero attached hydrogens (tertiary/aromatic N) is 3. The molecule has 0 atom stereocenters. The molecule has 1 aromatic heterocycles. The first-order chi connectivity index (χ1) is 16.3. The maximum absolute atomic E-state index is 13.9. The fourth-order valence-electron chi connectivity index (χ4n) is 3.95. The zero-order valence-electron chi connectivity index (χ0n) is 19.9. The number of benzene rings is 3. The number of fused-ring (bicyclic) bond motifs is 1. The first-order valence-corrected chi connectivity index (χ1v) is 12.5. The van der Waals surface area contributed by atoms with Gasteiger partial charge in [-0.3, -0.25) is 4.68 Å². The van der Waals surface area contributed by atoms with E-state index in [9.17, 15) is 8.42 Å². The minimum atomic E-state index is -3.81. The Labute approximate surface area is 200 Å². The van der Waals surface area contributed by atoms with Gasteiger partial charge in [0.2, 0.25) is 10.0 Å². The predicted molar refractivity (Wildman–Crippen MR) is 133 cm³/mol. The third-order valence-electron chi connectivity index (χ3n) is 5.88. The standard InChI is InChI=1S/C26H29N3O4S/c1-5-28-17-23(19(2)27-28)18-29(16-20-10-13-25(32-3)26(14-20)33-4)34(30,31)24-12-11-21-8-6-7-9-22(21)15-24/h6-15,17H,5,16,18H2,1-4H3. The van der Waals surface area contributed by atoms with Gasteiger partial charge in [0.05, 0.1) is 24.8 Å². The van der Waals surface area contributed by atoms with E-state index in [2.05, 4.69) is 5.10 Å². The van der Waals surface area contributed by atoms with E-state index in [1.807, 2.05) is 67.2 Å². The number of hydrogen-bond acceptors (Lipinski definition) is 5. The Bertz CT molecular complexity index is 1410. The number of methoxy groups -OCH3 is 2. The molecule has 0 N–H and O–H groups in total. The lowest BCUT2D eigenvalue weighted by molar-refractivity contribution is 0.352. The zero-order valence-corrected chi connectivity index (χ0v) is 20.7. The van der Waals surface area contributed by atoms with Crippen LogP contribution in [0.25, 0.3) is 10.8 Å². The van der Waals surface area contributed by atoms with Crippen LogP contribution in [0, 0.1) is 6.92 Å². The molecule has 1 heterocycles. The molecular weight excluding hydrogens is 450 g/mol. The van der Waals surface area contributed by atoms with E-state index in [-0.39, 0.29) is 18.0 Å². The van der Waals surface area contributed by atoms with E-state index in [4.69, 9.17) is 9.47 Å². The number of aryl methyl sites for hydroxylation is 2. The van der Waals surface area contributed by atoms with Crippen molar-refractivity contribution in [1.29, 1.82) is 0 Å². The topological polar surface area (TPSA) is 73.7 Å². The van der Waals surface area contributed by atoms with Gasteiger partial charge in [-0.2, -0.15) is 9.40 Å². The average molecular weight is 480 g/mol. The molecule has 0 spiro atoms. The van der Waals surface area contributed by atoms with Gasteiger partial charge in [-0.25, -0.2) is 8.42 Å². The third-order valence-corrected chi connectivity index (χ3v) is 7.67. The van der Waals surface area contributed by atoms with Crippen LogP contribution in [0.2, 0.25) is 0 Å². The smallest absolute Gasteiger partial charge is 0.243 e. The lowest BCUT2D eigenvalue weighted by atomic mass is 10.1. The van der Waals surface area contributed by atoms with Gasteiger partial charge in [-0.15, -0.1) is 0 Å². The van der Waals surface area contributed by atoms with Crippen LogP contribution in [0.3, 0.4) is 0 Å². The molecule has 0 aliphatic carbocycles. The predicted octanol–water partition coefficient (Wildman–Crippen LogP) is 4.77. The van der Waals surface area contributed by atoms with Crippen LogP contribution in [-0.4, -0.2) is 36.7 Å². The zero-order chi connectivity index (χ0) is 24.3. The van der Waals surface area contributed by atoms with Gasteiger partial charge in [0.15, 0.2) is 11.5 Å². The van der Waals surface area contributed by atoms with Gasteiger partial charge in [-0.05, 0) is 54.4 Å². The fraction of sp³-hybridized carbons (Fsp3) is 0.269. The lowest BCUT2D eigenvalue weighted by Crippen LogP contribution is -2.30. The SMILES string of the molecule is CCn1cc(CN(Cc2ccc(OC)c(OC)c2)S(=O)(=O)c2ccc3ccccc3c2)c(C)n1. The van der Waals surface area contributed by atoms with Crippen molar-refractivity contribution < 1.29 is 17.9 Å². The normalized spacial score (nSPS) is 11.8. The summed E-state index contributed by atoms with van der Waals surface area (Å²) in [5.74, 6) is 1.15. The van der Waals surface area contributed by atoms with E-state index < -0.39 is 10.0 Å². The highest BCUT2D eigenvalue weighted by atomic mass is 32.2. The Morgan fingerprint density at radius 1 is 0.912 bits per heavy atom. The molecule has 3 aromatic carbocycles. The molecule has 4 rings (SSSR count). The van der Waals surface area contributed by atoms with E-state index in [0.717, 1.165) is 27.6 Å². The molecule has 0 saturated heterocycles. The minimum Gasteiger partial charge on any atom is -0.493 e. The average Bonchev–Trinajstić information content (AvgIpc) is 3.22. The minimum absolute atomic E-state index is 0.173. The Morgan fingerprint density at radius 2 is 1.65 bits per heavy atom.